The van der Waals surface area contributed by atoms with Crippen molar-refractivity contribution < 1.29 is 9.47 Å². The molecule has 0 spiro atoms. The van der Waals surface area contributed by atoms with Crippen LogP contribution in [-0.2, 0) is 13.6 Å². The molecule has 0 radical (unpaired) electrons. The fraction of sp³-hybridized carbons (Fsp3) is 0.176. The van der Waals surface area contributed by atoms with E-state index in [4.69, 9.17) is 9.47 Å². The zero-order valence-electron chi connectivity index (χ0n) is 14.0. The molecule has 0 aliphatic carbocycles. The molecular weight excluding hydrogens is 334 g/mol. The Morgan fingerprint density at radius 1 is 1.15 bits per heavy atom. The highest BCUT2D eigenvalue weighted by Gasteiger charge is 2.18. The first-order valence-electron chi connectivity index (χ1n) is 8.08. The molecule has 0 bridgehead atoms. The van der Waals surface area contributed by atoms with E-state index in [1.165, 1.54) is 0 Å². The average Bonchev–Trinajstić information content (AvgIpc) is 3.36. The van der Waals surface area contributed by atoms with Gasteiger partial charge in [-0.1, -0.05) is 12.1 Å². The van der Waals surface area contributed by atoms with E-state index < -0.39 is 0 Å². The van der Waals surface area contributed by atoms with Gasteiger partial charge < -0.3 is 14.8 Å². The number of hydrogen-bond acceptors (Lipinski definition) is 7. The van der Waals surface area contributed by atoms with Gasteiger partial charge in [0.15, 0.2) is 17.1 Å². The quantitative estimate of drug-likeness (QED) is 0.603. The molecule has 0 saturated carbocycles. The van der Waals surface area contributed by atoms with Gasteiger partial charge in [0.1, 0.15) is 0 Å². The van der Waals surface area contributed by atoms with Crippen LogP contribution in [0.1, 0.15) is 5.56 Å². The van der Waals surface area contributed by atoms with E-state index in [-0.39, 0.29) is 6.79 Å². The molecule has 9 nitrogen and oxygen atoms in total. The van der Waals surface area contributed by atoms with Crippen LogP contribution in [0.2, 0.25) is 0 Å². The molecule has 26 heavy (non-hydrogen) atoms. The number of para-hydroxylation sites is 1. The first-order valence-corrected chi connectivity index (χ1v) is 8.08. The molecule has 1 aliphatic rings. The van der Waals surface area contributed by atoms with Crippen molar-refractivity contribution in [1.29, 1.82) is 0 Å². The second-order valence-corrected chi connectivity index (χ2v) is 5.95. The zero-order chi connectivity index (χ0) is 17.5. The minimum atomic E-state index is 0.244. The van der Waals surface area contributed by atoms with Gasteiger partial charge in [-0.25, -0.2) is 9.67 Å². The second-order valence-electron chi connectivity index (χ2n) is 5.95. The van der Waals surface area contributed by atoms with Crippen molar-refractivity contribution in [2.75, 3.05) is 12.1 Å². The van der Waals surface area contributed by atoms with Crippen LogP contribution in [0.25, 0.3) is 11.0 Å². The Balaban J connectivity index is 1.48. The Labute approximate surface area is 148 Å². The summed E-state index contributed by atoms with van der Waals surface area (Å²) in [6, 6.07) is 5.83. The molecule has 9 heteroatoms. The maximum absolute atomic E-state index is 5.58. The normalized spacial score (nSPS) is 12.7. The van der Waals surface area contributed by atoms with Crippen molar-refractivity contribution in [3.63, 3.8) is 0 Å². The van der Waals surface area contributed by atoms with Gasteiger partial charge in [-0.3, -0.25) is 4.68 Å². The Kier molecular flexibility index (Phi) is 3.24. The van der Waals surface area contributed by atoms with Crippen molar-refractivity contribution in [2.24, 2.45) is 7.05 Å². The summed E-state index contributed by atoms with van der Waals surface area (Å²) in [7, 11) is 1.86. The van der Waals surface area contributed by atoms with Gasteiger partial charge >= 0.3 is 0 Å². The summed E-state index contributed by atoms with van der Waals surface area (Å²) in [5, 5.41) is 12.6. The molecule has 3 aromatic heterocycles. The number of benzene rings is 1. The molecular formula is C17H15N7O2. The third-order valence-electron chi connectivity index (χ3n) is 4.14. The zero-order valence-corrected chi connectivity index (χ0v) is 14.0. The predicted molar refractivity (Wildman–Crippen MR) is 93.5 cm³/mol. The Morgan fingerprint density at radius 2 is 2.12 bits per heavy atom. The number of anilines is 2. The number of nitrogens with zero attached hydrogens (tertiary/aromatic N) is 6. The molecule has 130 valence electrons. The third kappa shape index (κ3) is 2.50. The van der Waals surface area contributed by atoms with Gasteiger partial charge in [-0.2, -0.15) is 15.2 Å². The summed E-state index contributed by atoms with van der Waals surface area (Å²) in [6.45, 7) is 0.771. The van der Waals surface area contributed by atoms with Gasteiger partial charge in [-0.15, -0.1) is 0 Å². The van der Waals surface area contributed by atoms with Gasteiger partial charge in [0.05, 0.1) is 30.0 Å². The fourth-order valence-corrected chi connectivity index (χ4v) is 2.93. The lowest BCUT2D eigenvalue weighted by molar-refractivity contribution is 0.173. The van der Waals surface area contributed by atoms with Crippen LogP contribution in [0.4, 0.5) is 11.6 Å². The lowest BCUT2D eigenvalue weighted by Crippen LogP contribution is -2.05. The Morgan fingerprint density at radius 3 is 3.00 bits per heavy atom. The summed E-state index contributed by atoms with van der Waals surface area (Å²) in [6.07, 6.45) is 7.08. The highest BCUT2D eigenvalue weighted by molar-refractivity contribution is 5.75. The van der Waals surface area contributed by atoms with Crippen molar-refractivity contribution in [3.8, 4) is 11.5 Å². The Hall–Kier alpha value is -3.62. The molecule has 0 fully saturated rings. The molecule has 0 unspecified atom stereocenters. The molecule has 1 aromatic carbocycles. The highest BCUT2D eigenvalue weighted by Crippen LogP contribution is 2.35. The number of nitrogens with one attached hydrogen (secondary N) is 1. The summed E-state index contributed by atoms with van der Waals surface area (Å²) in [5.41, 5.74) is 2.55. The second kappa shape index (κ2) is 5.73. The maximum Gasteiger partial charge on any atom is 0.231 e. The van der Waals surface area contributed by atoms with Crippen LogP contribution in [0, 0.1) is 0 Å². The van der Waals surface area contributed by atoms with E-state index in [0.29, 0.717) is 12.5 Å². The van der Waals surface area contributed by atoms with Crippen molar-refractivity contribution in [1.82, 2.24) is 29.5 Å². The van der Waals surface area contributed by atoms with Gasteiger partial charge in [0, 0.05) is 25.0 Å². The summed E-state index contributed by atoms with van der Waals surface area (Å²) < 4.78 is 14.5. The molecule has 0 amide bonds. The fourth-order valence-electron chi connectivity index (χ4n) is 2.93. The summed E-state index contributed by atoms with van der Waals surface area (Å²) in [4.78, 5) is 8.93. The van der Waals surface area contributed by atoms with Crippen LogP contribution in [0.3, 0.4) is 0 Å². The van der Waals surface area contributed by atoms with Crippen molar-refractivity contribution in [2.45, 2.75) is 6.54 Å². The number of hydrogen-bond donors (Lipinski definition) is 1. The standard InChI is InChI=1S/C17H15N7O2/c1-23-9-13(7-19-23)21-17-18-5-12-6-20-24(16(12)22-17)8-11-3-2-4-14-15(11)26-10-25-14/h2-7,9H,8,10H2,1H3,(H,18,21,22). The van der Waals surface area contributed by atoms with E-state index in [1.807, 2.05) is 36.1 Å². The number of rotatable bonds is 4. The molecule has 0 saturated heterocycles. The number of ether oxygens (including phenoxy) is 2. The van der Waals surface area contributed by atoms with Gasteiger partial charge in [0.2, 0.25) is 12.7 Å². The van der Waals surface area contributed by atoms with E-state index in [0.717, 1.165) is 33.8 Å². The molecule has 0 atom stereocenters. The summed E-state index contributed by atoms with van der Waals surface area (Å²) in [5.74, 6) is 2.01. The van der Waals surface area contributed by atoms with Gasteiger partial charge in [0.25, 0.3) is 0 Å². The van der Waals surface area contributed by atoms with E-state index in [2.05, 4.69) is 25.5 Å². The molecule has 1 N–H and O–H groups in total. The van der Waals surface area contributed by atoms with Crippen LogP contribution in [0.15, 0.2) is 43.0 Å². The van der Waals surface area contributed by atoms with Gasteiger partial charge in [-0.05, 0) is 6.07 Å². The minimum absolute atomic E-state index is 0.244. The van der Waals surface area contributed by atoms with Crippen LogP contribution in [-0.4, -0.2) is 36.3 Å². The average molecular weight is 349 g/mol. The molecule has 4 aromatic rings. The number of fused-ring (bicyclic) bond motifs is 2. The smallest absolute Gasteiger partial charge is 0.231 e. The number of aryl methyl sites for hydroxylation is 1. The first kappa shape index (κ1) is 14.7. The predicted octanol–water partition coefficient (Wildman–Crippen LogP) is 2.08. The van der Waals surface area contributed by atoms with Crippen LogP contribution >= 0.6 is 0 Å². The lowest BCUT2D eigenvalue weighted by atomic mass is 10.2. The van der Waals surface area contributed by atoms with E-state index in [1.54, 1.807) is 23.3 Å². The first-order chi connectivity index (χ1) is 12.8. The maximum atomic E-state index is 5.58. The summed E-state index contributed by atoms with van der Waals surface area (Å²) >= 11 is 0. The molecule has 5 rings (SSSR count). The van der Waals surface area contributed by atoms with Crippen molar-refractivity contribution >= 4 is 22.7 Å². The minimum Gasteiger partial charge on any atom is -0.454 e. The largest absolute Gasteiger partial charge is 0.454 e. The van der Waals surface area contributed by atoms with E-state index >= 15 is 0 Å². The third-order valence-corrected chi connectivity index (χ3v) is 4.14. The monoisotopic (exact) mass is 349 g/mol. The lowest BCUT2D eigenvalue weighted by Gasteiger charge is -2.07. The highest BCUT2D eigenvalue weighted by atomic mass is 16.7. The molecule has 1 aliphatic heterocycles. The van der Waals surface area contributed by atoms with Crippen LogP contribution in [0.5, 0.6) is 11.5 Å². The topological polar surface area (TPSA) is 91.9 Å². The van der Waals surface area contributed by atoms with Crippen molar-refractivity contribution in [3.05, 3.63) is 48.5 Å². The SMILES string of the molecule is Cn1cc(Nc2ncc3cnn(Cc4cccc5c4OCO5)c3n2)cn1. The molecule has 4 heterocycles. The number of aromatic nitrogens is 6. The Bertz CT molecular complexity index is 1100. The van der Waals surface area contributed by atoms with E-state index in [9.17, 15) is 0 Å². The van der Waals surface area contributed by atoms with Crippen LogP contribution < -0.4 is 14.8 Å².